The monoisotopic (exact) mass is 242 g/mol. The van der Waals surface area contributed by atoms with Crippen LogP contribution < -0.4 is 0 Å². The van der Waals surface area contributed by atoms with Crippen molar-refractivity contribution in [1.29, 1.82) is 0 Å². The van der Waals surface area contributed by atoms with E-state index < -0.39 is 0 Å². The summed E-state index contributed by atoms with van der Waals surface area (Å²) in [6.07, 6.45) is 4.18. The van der Waals surface area contributed by atoms with Crippen LogP contribution in [0.1, 0.15) is 19.4 Å². The number of thioether (sulfide) groups is 2. The zero-order chi connectivity index (χ0) is 11.5. The van der Waals surface area contributed by atoms with Crippen LogP contribution in [0.15, 0.2) is 28.0 Å². The van der Waals surface area contributed by atoms with Gasteiger partial charge in [0.2, 0.25) is 0 Å². The lowest BCUT2D eigenvalue weighted by atomic mass is 9.86. The Morgan fingerprint density at radius 2 is 1.73 bits per heavy atom. The Balaban J connectivity index is 3.13. The molecule has 0 aliphatic rings. The Labute approximate surface area is 101 Å². The first-order valence-corrected chi connectivity index (χ1v) is 7.33. The predicted molar refractivity (Wildman–Crippen MR) is 70.1 cm³/mol. The van der Waals surface area contributed by atoms with E-state index in [1.54, 1.807) is 23.5 Å². The maximum atomic E-state index is 9.33. The van der Waals surface area contributed by atoms with E-state index in [0.717, 1.165) is 0 Å². The Morgan fingerprint density at radius 1 is 1.13 bits per heavy atom. The SMILES string of the molecule is CSc1ccc(C(C)(C)CO)cc1SC. The van der Waals surface area contributed by atoms with Crippen molar-refractivity contribution < 1.29 is 5.11 Å². The molecule has 0 atom stereocenters. The van der Waals surface area contributed by atoms with Crippen molar-refractivity contribution in [3.63, 3.8) is 0 Å². The fourth-order valence-corrected chi connectivity index (χ4v) is 2.83. The van der Waals surface area contributed by atoms with Crippen LogP contribution in [0.5, 0.6) is 0 Å². The molecule has 0 fully saturated rings. The van der Waals surface area contributed by atoms with Gasteiger partial charge >= 0.3 is 0 Å². The summed E-state index contributed by atoms with van der Waals surface area (Å²) >= 11 is 3.52. The van der Waals surface area contributed by atoms with E-state index in [-0.39, 0.29) is 12.0 Å². The zero-order valence-corrected chi connectivity index (χ0v) is 11.3. The van der Waals surface area contributed by atoms with Gasteiger partial charge in [-0.1, -0.05) is 19.9 Å². The molecule has 0 heterocycles. The molecule has 0 saturated heterocycles. The van der Waals surface area contributed by atoms with Gasteiger partial charge in [0.1, 0.15) is 0 Å². The number of rotatable bonds is 4. The Morgan fingerprint density at radius 3 is 2.20 bits per heavy atom. The van der Waals surface area contributed by atoms with Crippen LogP contribution in [0.2, 0.25) is 0 Å². The third-order valence-electron chi connectivity index (χ3n) is 2.56. The summed E-state index contributed by atoms with van der Waals surface area (Å²) in [5.74, 6) is 0. The molecule has 3 heteroatoms. The number of hydrogen-bond acceptors (Lipinski definition) is 3. The van der Waals surface area contributed by atoms with E-state index in [0.29, 0.717) is 0 Å². The highest BCUT2D eigenvalue weighted by Gasteiger charge is 2.20. The van der Waals surface area contributed by atoms with Crippen molar-refractivity contribution in [3.8, 4) is 0 Å². The minimum absolute atomic E-state index is 0.151. The standard InChI is InChI=1S/C12H18OS2/c1-12(2,8-13)9-5-6-10(14-3)11(7-9)15-4/h5-7,13H,8H2,1-4H3. The molecule has 1 N–H and O–H groups in total. The summed E-state index contributed by atoms with van der Waals surface area (Å²) in [6.45, 7) is 4.30. The van der Waals surface area contributed by atoms with Gasteiger partial charge < -0.3 is 5.11 Å². The van der Waals surface area contributed by atoms with Gasteiger partial charge in [0.05, 0.1) is 6.61 Å². The Hall–Kier alpha value is -0.120. The van der Waals surface area contributed by atoms with Crippen LogP contribution in [0.25, 0.3) is 0 Å². The Bertz CT molecular complexity index is 334. The Kier molecular flexibility index (Phi) is 4.56. The number of benzene rings is 1. The summed E-state index contributed by atoms with van der Waals surface area (Å²) in [6, 6.07) is 6.44. The zero-order valence-electron chi connectivity index (χ0n) is 9.70. The smallest absolute Gasteiger partial charge is 0.0522 e. The molecule has 15 heavy (non-hydrogen) atoms. The molecule has 1 nitrogen and oxygen atoms in total. The van der Waals surface area contributed by atoms with Crippen LogP contribution in [0.3, 0.4) is 0 Å². The van der Waals surface area contributed by atoms with Crippen LogP contribution in [-0.4, -0.2) is 24.2 Å². The minimum Gasteiger partial charge on any atom is -0.395 e. The van der Waals surface area contributed by atoms with Gasteiger partial charge in [-0.25, -0.2) is 0 Å². The van der Waals surface area contributed by atoms with Crippen molar-refractivity contribution in [1.82, 2.24) is 0 Å². The van der Waals surface area contributed by atoms with Crippen molar-refractivity contribution >= 4 is 23.5 Å². The highest BCUT2D eigenvalue weighted by atomic mass is 32.2. The molecular formula is C12H18OS2. The van der Waals surface area contributed by atoms with Crippen LogP contribution in [-0.2, 0) is 5.41 Å². The number of aliphatic hydroxyl groups is 1. The number of aliphatic hydroxyl groups excluding tert-OH is 1. The third-order valence-corrected chi connectivity index (χ3v) is 4.26. The normalized spacial score (nSPS) is 11.8. The van der Waals surface area contributed by atoms with Gasteiger partial charge in [-0.05, 0) is 30.2 Å². The van der Waals surface area contributed by atoms with Crippen molar-refractivity contribution in [2.24, 2.45) is 0 Å². The summed E-state index contributed by atoms with van der Waals surface area (Å²) in [7, 11) is 0. The van der Waals surface area contributed by atoms with E-state index in [1.165, 1.54) is 15.4 Å². The van der Waals surface area contributed by atoms with Gasteiger partial charge in [0, 0.05) is 15.2 Å². The molecule has 1 aromatic carbocycles. The van der Waals surface area contributed by atoms with Gasteiger partial charge in [-0.15, -0.1) is 23.5 Å². The maximum absolute atomic E-state index is 9.33. The molecule has 84 valence electrons. The third kappa shape index (κ3) is 2.92. The molecule has 0 aliphatic heterocycles. The van der Waals surface area contributed by atoms with Crippen LogP contribution >= 0.6 is 23.5 Å². The maximum Gasteiger partial charge on any atom is 0.0522 e. The molecule has 0 unspecified atom stereocenters. The second kappa shape index (κ2) is 5.28. The van der Waals surface area contributed by atoms with Gasteiger partial charge in [-0.2, -0.15) is 0 Å². The molecule has 0 spiro atoms. The molecule has 0 amide bonds. The molecule has 0 radical (unpaired) electrons. The van der Waals surface area contributed by atoms with E-state index in [1.807, 2.05) is 0 Å². The van der Waals surface area contributed by atoms with E-state index >= 15 is 0 Å². The van der Waals surface area contributed by atoms with Gasteiger partial charge in [0.25, 0.3) is 0 Å². The van der Waals surface area contributed by atoms with Crippen molar-refractivity contribution in [2.45, 2.75) is 29.1 Å². The molecule has 0 aromatic heterocycles. The average molecular weight is 242 g/mol. The molecule has 1 aromatic rings. The molecule has 0 bridgehead atoms. The fraction of sp³-hybridized carbons (Fsp3) is 0.500. The molecule has 1 rings (SSSR count). The molecule has 0 aliphatic carbocycles. The summed E-state index contributed by atoms with van der Waals surface area (Å²) in [4.78, 5) is 2.60. The van der Waals surface area contributed by atoms with Gasteiger partial charge in [0.15, 0.2) is 0 Å². The van der Waals surface area contributed by atoms with Gasteiger partial charge in [-0.3, -0.25) is 0 Å². The lowest BCUT2D eigenvalue weighted by Crippen LogP contribution is -2.21. The highest BCUT2D eigenvalue weighted by Crippen LogP contribution is 2.32. The quantitative estimate of drug-likeness (QED) is 0.817. The number of hydrogen-bond donors (Lipinski definition) is 1. The lowest BCUT2D eigenvalue weighted by Gasteiger charge is -2.23. The largest absolute Gasteiger partial charge is 0.395 e. The summed E-state index contributed by atoms with van der Waals surface area (Å²) in [5, 5.41) is 9.33. The topological polar surface area (TPSA) is 20.2 Å². The minimum atomic E-state index is -0.151. The first kappa shape index (κ1) is 12.9. The first-order valence-electron chi connectivity index (χ1n) is 4.88. The second-order valence-corrected chi connectivity index (χ2v) is 5.81. The molecular weight excluding hydrogens is 224 g/mol. The van der Waals surface area contributed by atoms with E-state index in [2.05, 4.69) is 44.6 Å². The van der Waals surface area contributed by atoms with Crippen molar-refractivity contribution in [3.05, 3.63) is 23.8 Å². The highest BCUT2D eigenvalue weighted by molar-refractivity contribution is 8.01. The van der Waals surface area contributed by atoms with E-state index in [9.17, 15) is 5.11 Å². The lowest BCUT2D eigenvalue weighted by molar-refractivity contribution is 0.218. The first-order chi connectivity index (χ1) is 7.05. The van der Waals surface area contributed by atoms with E-state index in [4.69, 9.17) is 0 Å². The summed E-state index contributed by atoms with van der Waals surface area (Å²) < 4.78 is 0. The fourth-order valence-electron chi connectivity index (χ4n) is 1.35. The summed E-state index contributed by atoms with van der Waals surface area (Å²) in [5.41, 5.74) is 1.05. The van der Waals surface area contributed by atoms with Crippen LogP contribution in [0, 0.1) is 0 Å². The second-order valence-electron chi connectivity index (χ2n) is 4.11. The predicted octanol–water partition coefficient (Wildman–Crippen LogP) is 3.40. The van der Waals surface area contributed by atoms with Crippen LogP contribution in [0.4, 0.5) is 0 Å². The average Bonchev–Trinajstić information content (AvgIpc) is 2.28. The van der Waals surface area contributed by atoms with Crippen molar-refractivity contribution in [2.75, 3.05) is 19.1 Å². The molecule has 0 saturated carbocycles.